The topological polar surface area (TPSA) is 60.0 Å². The van der Waals surface area contributed by atoms with Gasteiger partial charge >= 0.3 is 0 Å². The Morgan fingerprint density at radius 1 is 1.13 bits per heavy atom. The molecule has 0 aromatic carbocycles. The molecule has 2 rings (SSSR count). The molecular formula is C17H33N5O. The SMILES string of the molecule is CCNC(=NCC1CCCN1CC)NCCC(=O)N1CCCC1. The number of hydrogen-bond donors (Lipinski definition) is 2. The van der Waals surface area contributed by atoms with E-state index in [1.807, 2.05) is 4.90 Å². The van der Waals surface area contributed by atoms with Crippen LogP contribution < -0.4 is 10.6 Å². The number of carbonyl (C=O) groups is 1. The van der Waals surface area contributed by atoms with Crippen molar-refractivity contribution in [2.75, 3.05) is 45.8 Å². The highest BCUT2D eigenvalue weighted by Crippen LogP contribution is 2.16. The molecule has 23 heavy (non-hydrogen) atoms. The monoisotopic (exact) mass is 323 g/mol. The van der Waals surface area contributed by atoms with E-state index in [0.29, 0.717) is 19.0 Å². The van der Waals surface area contributed by atoms with Gasteiger partial charge in [-0.25, -0.2) is 0 Å². The zero-order valence-corrected chi connectivity index (χ0v) is 14.8. The van der Waals surface area contributed by atoms with Crippen LogP contribution in [-0.2, 0) is 4.79 Å². The summed E-state index contributed by atoms with van der Waals surface area (Å²) in [5.41, 5.74) is 0. The first-order valence-corrected chi connectivity index (χ1v) is 9.28. The molecule has 2 aliphatic rings. The Morgan fingerprint density at radius 2 is 1.91 bits per heavy atom. The molecule has 6 nitrogen and oxygen atoms in total. The molecule has 0 saturated carbocycles. The predicted molar refractivity (Wildman–Crippen MR) is 94.7 cm³/mol. The highest BCUT2D eigenvalue weighted by atomic mass is 16.2. The summed E-state index contributed by atoms with van der Waals surface area (Å²) in [7, 11) is 0. The lowest BCUT2D eigenvalue weighted by molar-refractivity contribution is -0.129. The fraction of sp³-hybridized carbons (Fsp3) is 0.882. The van der Waals surface area contributed by atoms with Crippen LogP contribution in [0, 0.1) is 0 Å². The number of guanidine groups is 1. The quantitative estimate of drug-likeness (QED) is 0.543. The summed E-state index contributed by atoms with van der Waals surface area (Å²) >= 11 is 0. The minimum absolute atomic E-state index is 0.263. The van der Waals surface area contributed by atoms with E-state index in [1.54, 1.807) is 0 Å². The van der Waals surface area contributed by atoms with E-state index < -0.39 is 0 Å². The number of amides is 1. The van der Waals surface area contributed by atoms with Crippen molar-refractivity contribution < 1.29 is 4.79 Å². The van der Waals surface area contributed by atoms with E-state index in [0.717, 1.165) is 51.5 Å². The Kier molecular flexibility index (Phi) is 7.65. The van der Waals surface area contributed by atoms with Crippen molar-refractivity contribution in [3.63, 3.8) is 0 Å². The number of rotatable bonds is 7. The van der Waals surface area contributed by atoms with Crippen LogP contribution in [0.1, 0.15) is 46.0 Å². The summed E-state index contributed by atoms with van der Waals surface area (Å²) < 4.78 is 0. The second-order valence-corrected chi connectivity index (χ2v) is 6.41. The van der Waals surface area contributed by atoms with E-state index in [9.17, 15) is 4.79 Å². The summed E-state index contributed by atoms with van der Waals surface area (Å²) in [5, 5.41) is 6.58. The largest absolute Gasteiger partial charge is 0.357 e. The molecule has 0 radical (unpaired) electrons. The lowest BCUT2D eigenvalue weighted by atomic mass is 10.2. The third-order valence-electron chi connectivity index (χ3n) is 4.80. The van der Waals surface area contributed by atoms with Crippen LogP contribution in [0.5, 0.6) is 0 Å². The molecule has 1 atom stereocenters. The average molecular weight is 323 g/mol. The van der Waals surface area contributed by atoms with Gasteiger partial charge in [0.05, 0.1) is 6.54 Å². The molecule has 0 aliphatic carbocycles. The van der Waals surface area contributed by atoms with Gasteiger partial charge in [-0.3, -0.25) is 14.7 Å². The summed E-state index contributed by atoms with van der Waals surface area (Å²) in [6, 6.07) is 0.571. The van der Waals surface area contributed by atoms with Crippen LogP contribution in [0.3, 0.4) is 0 Å². The fourth-order valence-corrected chi connectivity index (χ4v) is 3.47. The Bertz CT molecular complexity index is 392. The Balaban J connectivity index is 1.73. The first-order valence-electron chi connectivity index (χ1n) is 9.28. The summed E-state index contributed by atoms with van der Waals surface area (Å²) in [5.74, 6) is 1.10. The second kappa shape index (κ2) is 9.75. The number of aliphatic imine (C=N–C) groups is 1. The minimum atomic E-state index is 0.263. The van der Waals surface area contributed by atoms with Gasteiger partial charge in [-0.05, 0) is 45.7 Å². The van der Waals surface area contributed by atoms with Crippen LogP contribution in [0.15, 0.2) is 4.99 Å². The first kappa shape index (κ1) is 18.0. The zero-order valence-electron chi connectivity index (χ0n) is 14.8. The fourth-order valence-electron chi connectivity index (χ4n) is 3.47. The number of likely N-dealkylation sites (tertiary alicyclic amines) is 2. The Morgan fingerprint density at radius 3 is 2.61 bits per heavy atom. The third-order valence-corrected chi connectivity index (χ3v) is 4.80. The Labute approximate surface area is 140 Å². The van der Waals surface area contributed by atoms with E-state index in [2.05, 4.69) is 29.4 Å². The van der Waals surface area contributed by atoms with E-state index in [1.165, 1.54) is 19.4 Å². The molecule has 1 amide bonds. The third kappa shape index (κ3) is 5.68. The van der Waals surface area contributed by atoms with Crippen molar-refractivity contribution in [3.05, 3.63) is 0 Å². The maximum atomic E-state index is 12.1. The lowest BCUT2D eigenvalue weighted by Gasteiger charge is -2.21. The van der Waals surface area contributed by atoms with Crippen LogP contribution in [0.4, 0.5) is 0 Å². The highest BCUT2D eigenvalue weighted by molar-refractivity contribution is 5.81. The van der Waals surface area contributed by atoms with Gasteiger partial charge in [0.25, 0.3) is 0 Å². The number of hydrogen-bond acceptors (Lipinski definition) is 3. The molecule has 0 aromatic heterocycles. The van der Waals surface area contributed by atoms with E-state index >= 15 is 0 Å². The predicted octanol–water partition coefficient (Wildman–Crippen LogP) is 1.04. The minimum Gasteiger partial charge on any atom is -0.357 e. The van der Waals surface area contributed by atoms with E-state index in [4.69, 9.17) is 4.99 Å². The molecule has 2 aliphatic heterocycles. The summed E-state index contributed by atoms with van der Waals surface area (Å²) in [4.78, 5) is 21.2. The first-order chi connectivity index (χ1) is 11.2. The molecule has 2 fully saturated rings. The molecule has 2 N–H and O–H groups in total. The van der Waals surface area contributed by atoms with Crippen LogP contribution in [0.2, 0.25) is 0 Å². The lowest BCUT2D eigenvalue weighted by Crippen LogP contribution is -2.41. The molecule has 0 spiro atoms. The van der Waals surface area contributed by atoms with Gasteiger partial charge < -0.3 is 15.5 Å². The maximum absolute atomic E-state index is 12.1. The maximum Gasteiger partial charge on any atom is 0.224 e. The molecule has 132 valence electrons. The van der Waals surface area contributed by atoms with Gasteiger partial charge in [-0.1, -0.05) is 6.92 Å². The van der Waals surface area contributed by atoms with Crippen molar-refractivity contribution >= 4 is 11.9 Å². The highest BCUT2D eigenvalue weighted by Gasteiger charge is 2.22. The normalized spacial score (nSPS) is 22.6. The van der Waals surface area contributed by atoms with Gasteiger partial charge in [0.1, 0.15) is 0 Å². The van der Waals surface area contributed by atoms with Crippen LogP contribution in [-0.4, -0.2) is 73.5 Å². The summed E-state index contributed by atoms with van der Waals surface area (Å²) in [6.45, 7) is 10.8. The van der Waals surface area contributed by atoms with Crippen LogP contribution >= 0.6 is 0 Å². The second-order valence-electron chi connectivity index (χ2n) is 6.41. The van der Waals surface area contributed by atoms with Gasteiger partial charge in [-0.15, -0.1) is 0 Å². The number of nitrogens with zero attached hydrogens (tertiary/aromatic N) is 3. The molecule has 2 heterocycles. The van der Waals surface area contributed by atoms with Crippen molar-refractivity contribution in [1.82, 2.24) is 20.4 Å². The molecule has 0 bridgehead atoms. The van der Waals surface area contributed by atoms with Gasteiger partial charge in [-0.2, -0.15) is 0 Å². The average Bonchev–Trinajstić information content (AvgIpc) is 3.23. The molecule has 2 saturated heterocycles. The number of likely N-dealkylation sites (N-methyl/N-ethyl adjacent to an activating group) is 1. The molecule has 6 heteroatoms. The molecular weight excluding hydrogens is 290 g/mol. The standard InChI is InChI=1S/C17H33N5O/c1-3-18-17(20-14-15-8-7-13-21(15)4-2)19-10-9-16(23)22-11-5-6-12-22/h15H,3-14H2,1-2H3,(H2,18,19,20). The molecule has 1 unspecified atom stereocenters. The van der Waals surface area contributed by atoms with Gasteiger partial charge in [0, 0.05) is 38.6 Å². The zero-order chi connectivity index (χ0) is 16.5. The van der Waals surface area contributed by atoms with Crippen LogP contribution in [0.25, 0.3) is 0 Å². The number of carbonyl (C=O) groups excluding carboxylic acids is 1. The molecule has 0 aromatic rings. The van der Waals surface area contributed by atoms with Crippen molar-refractivity contribution in [1.29, 1.82) is 0 Å². The smallest absolute Gasteiger partial charge is 0.224 e. The van der Waals surface area contributed by atoms with Gasteiger partial charge in [0.15, 0.2) is 5.96 Å². The van der Waals surface area contributed by atoms with Crippen molar-refractivity contribution in [2.45, 2.75) is 52.0 Å². The van der Waals surface area contributed by atoms with Crippen molar-refractivity contribution in [2.24, 2.45) is 4.99 Å². The van der Waals surface area contributed by atoms with Gasteiger partial charge in [0.2, 0.25) is 5.91 Å². The Hall–Kier alpha value is -1.30. The van der Waals surface area contributed by atoms with E-state index in [-0.39, 0.29) is 5.91 Å². The summed E-state index contributed by atoms with van der Waals surface area (Å²) in [6.07, 6.45) is 5.37. The number of nitrogens with one attached hydrogen (secondary N) is 2. The van der Waals surface area contributed by atoms with Crippen molar-refractivity contribution in [3.8, 4) is 0 Å².